The van der Waals surface area contributed by atoms with E-state index in [4.69, 9.17) is 4.74 Å². The zero-order valence-corrected chi connectivity index (χ0v) is 14.7. The number of ether oxygens (including phenoxy) is 1. The van der Waals surface area contributed by atoms with Crippen LogP contribution in [0.1, 0.15) is 21.5 Å². The highest BCUT2D eigenvalue weighted by Gasteiger charge is 2.25. The number of hydrogen-bond acceptors (Lipinski definition) is 5. The molecule has 0 saturated carbocycles. The highest BCUT2D eigenvalue weighted by Crippen LogP contribution is 2.22. The van der Waals surface area contributed by atoms with Crippen molar-refractivity contribution in [3.63, 3.8) is 0 Å². The second-order valence-corrected chi connectivity index (χ2v) is 7.37. The third-order valence-electron chi connectivity index (χ3n) is 3.84. The molecule has 24 heavy (non-hydrogen) atoms. The van der Waals surface area contributed by atoms with Crippen LogP contribution in [0.15, 0.2) is 47.6 Å². The van der Waals surface area contributed by atoms with E-state index in [-0.39, 0.29) is 10.5 Å². The minimum absolute atomic E-state index is 0.114. The van der Waals surface area contributed by atoms with Crippen molar-refractivity contribution in [2.24, 2.45) is 0 Å². The van der Waals surface area contributed by atoms with Gasteiger partial charge in [0.05, 0.1) is 17.6 Å². The van der Waals surface area contributed by atoms with Crippen molar-refractivity contribution in [2.45, 2.75) is 18.2 Å². The van der Waals surface area contributed by atoms with Crippen LogP contribution in [-0.4, -0.2) is 44.4 Å². The summed E-state index contributed by atoms with van der Waals surface area (Å²) in [5.74, 6) is -0.552. The first-order chi connectivity index (χ1) is 11.4. The normalized spacial score (nSPS) is 11.5. The zero-order valence-electron chi connectivity index (χ0n) is 13.9. The Kier molecular flexibility index (Phi) is 5.69. The maximum Gasteiger partial charge on any atom is 0.338 e. The minimum atomic E-state index is -3.69. The van der Waals surface area contributed by atoms with Crippen molar-refractivity contribution in [1.82, 2.24) is 9.29 Å². The summed E-state index contributed by atoms with van der Waals surface area (Å²) in [6.45, 7) is 1.93. The van der Waals surface area contributed by atoms with Crippen LogP contribution in [0.4, 0.5) is 0 Å². The number of likely N-dealkylation sites (N-methyl/N-ethyl adjacent to an activating group) is 1. The molecule has 0 bridgehead atoms. The Morgan fingerprint density at radius 1 is 1.21 bits per heavy atom. The lowest BCUT2D eigenvalue weighted by molar-refractivity contribution is 0.0599. The lowest BCUT2D eigenvalue weighted by Crippen LogP contribution is -2.30. The van der Waals surface area contributed by atoms with E-state index in [0.717, 1.165) is 5.56 Å². The molecule has 0 fully saturated rings. The highest BCUT2D eigenvalue weighted by molar-refractivity contribution is 7.89. The van der Waals surface area contributed by atoms with Crippen LogP contribution in [-0.2, 0) is 21.2 Å². The standard InChI is InChI=1S/C17H20N2O4S/c1-13-15(17(20)23-3)5-4-6-16(13)24(21,22)19(2)12-9-14-7-10-18-11-8-14/h4-8,10-11H,9,12H2,1-3H3. The smallest absolute Gasteiger partial charge is 0.338 e. The number of nitrogens with zero attached hydrogens (tertiary/aromatic N) is 2. The Bertz CT molecular complexity index is 820. The Morgan fingerprint density at radius 3 is 2.50 bits per heavy atom. The molecule has 0 N–H and O–H groups in total. The molecule has 2 aromatic rings. The molecule has 0 amide bonds. The fourth-order valence-corrected chi connectivity index (χ4v) is 3.76. The number of benzene rings is 1. The van der Waals surface area contributed by atoms with E-state index in [1.54, 1.807) is 31.5 Å². The van der Waals surface area contributed by atoms with Gasteiger partial charge in [0.25, 0.3) is 0 Å². The molecular formula is C17H20N2O4S. The lowest BCUT2D eigenvalue weighted by Gasteiger charge is -2.19. The van der Waals surface area contributed by atoms with Crippen LogP contribution in [0.5, 0.6) is 0 Å². The Balaban J connectivity index is 2.25. The summed E-state index contributed by atoms with van der Waals surface area (Å²) in [6, 6.07) is 8.30. The van der Waals surface area contributed by atoms with E-state index in [9.17, 15) is 13.2 Å². The number of pyridine rings is 1. The van der Waals surface area contributed by atoms with E-state index >= 15 is 0 Å². The number of carbonyl (C=O) groups excluding carboxylic acids is 1. The van der Waals surface area contributed by atoms with E-state index < -0.39 is 16.0 Å². The van der Waals surface area contributed by atoms with Crippen molar-refractivity contribution < 1.29 is 17.9 Å². The number of esters is 1. The predicted octanol–water partition coefficient (Wildman–Crippen LogP) is 2.04. The molecule has 0 aliphatic carbocycles. The third-order valence-corrected chi connectivity index (χ3v) is 5.84. The molecule has 0 atom stereocenters. The van der Waals surface area contributed by atoms with E-state index in [2.05, 4.69) is 4.98 Å². The SMILES string of the molecule is COC(=O)c1cccc(S(=O)(=O)N(C)CCc2ccncc2)c1C. The molecule has 1 aromatic heterocycles. The van der Waals surface area contributed by atoms with E-state index in [1.165, 1.54) is 24.5 Å². The molecule has 6 nitrogen and oxygen atoms in total. The van der Waals surface area contributed by atoms with Gasteiger partial charge in [-0.1, -0.05) is 6.07 Å². The topological polar surface area (TPSA) is 76.6 Å². The van der Waals surface area contributed by atoms with Crippen molar-refractivity contribution >= 4 is 16.0 Å². The van der Waals surface area contributed by atoms with Crippen LogP contribution in [0, 0.1) is 6.92 Å². The second kappa shape index (κ2) is 7.55. The van der Waals surface area contributed by atoms with Gasteiger partial charge >= 0.3 is 5.97 Å². The van der Waals surface area contributed by atoms with Crippen LogP contribution in [0.3, 0.4) is 0 Å². The molecule has 1 aromatic carbocycles. The average Bonchev–Trinajstić information content (AvgIpc) is 2.59. The molecular weight excluding hydrogens is 328 g/mol. The van der Waals surface area contributed by atoms with Gasteiger partial charge < -0.3 is 4.74 Å². The molecule has 0 saturated heterocycles. The number of hydrogen-bond donors (Lipinski definition) is 0. The summed E-state index contributed by atoms with van der Waals surface area (Å²) in [5, 5.41) is 0. The first-order valence-corrected chi connectivity index (χ1v) is 8.85. The van der Waals surface area contributed by atoms with E-state index in [0.29, 0.717) is 18.5 Å². The van der Waals surface area contributed by atoms with Crippen molar-refractivity contribution in [3.8, 4) is 0 Å². The lowest BCUT2D eigenvalue weighted by atomic mass is 10.1. The van der Waals surface area contributed by atoms with Gasteiger partial charge in [-0.15, -0.1) is 0 Å². The van der Waals surface area contributed by atoms with Gasteiger partial charge in [-0.25, -0.2) is 17.5 Å². The number of carbonyl (C=O) groups is 1. The number of methoxy groups -OCH3 is 1. The molecule has 0 radical (unpaired) electrons. The maximum atomic E-state index is 12.8. The van der Waals surface area contributed by atoms with Crippen LogP contribution in [0.2, 0.25) is 0 Å². The summed E-state index contributed by atoms with van der Waals surface area (Å²) >= 11 is 0. The summed E-state index contributed by atoms with van der Waals surface area (Å²) in [5.41, 5.74) is 1.65. The average molecular weight is 348 g/mol. The van der Waals surface area contributed by atoms with Crippen molar-refractivity contribution in [1.29, 1.82) is 0 Å². The fourth-order valence-electron chi connectivity index (χ4n) is 2.35. The van der Waals surface area contributed by atoms with Gasteiger partial charge in [0.15, 0.2) is 0 Å². The molecule has 0 aliphatic rings. The first kappa shape index (κ1) is 18.1. The monoisotopic (exact) mass is 348 g/mol. The number of rotatable bonds is 6. The van der Waals surface area contributed by atoms with Crippen LogP contribution in [0.25, 0.3) is 0 Å². The molecule has 0 unspecified atom stereocenters. The molecule has 0 aliphatic heterocycles. The van der Waals surface area contributed by atoms with Crippen LogP contribution >= 0.6 is 0 Å². The fraction of sp³-hybridized carbons (Fsp3) is 0.294. The number of aromatic nitrogens is 1. The predicted molar refractivity (Wildman–Crippen MR) is 90.3 cm³/mol. The molecule has 7 heteroatoms. The third kappa shape index (κ3) is 3.80. The van der Waals surface area contributed by atoms with Gasteiger partial charge in [-0.3, -0.25) is 4.98 Å². The Labute approximate surface area is 142 Å². The second-order valence-electron chi connectivity index (χ2n) is 5.35. The largest absolute Gasteiger partial charge is 0.465 e. The summed E-state index contributed by atoms with van der Waals surface area (Å²) < 4.78 is 31.6. The van der Waals surface area contributed by atoms with Crippen molar-refractivity contribution in [2.75, 3.05) is 20.7 Å². The highest BCUT2D eigenvalue weighted by atomic mass is 32.2. The van der Waals surface area contributed by atoms with Gasteiger partial charge in [-0.2, -0.15) is 0 Å². The molecule has 2 rings (SSSR count). The summed E-state index contributed by atoms with van der Waals surface area (Å²) in [4.78, 5) is 15.8. The first-order valence-electron chi connectivity index (χ1n) is 7.41. The summed E-state index contributed by atoms with van der Waals surface area (Å²) in [6.07, 6.45) is 3.93. The van der Waals surface area contributed by atoms with Crippen LogP contribution < -0.4 is 0 Å². The minimum Gasteiger partial charge on any atom is -0.465 e. The maximum absolute atomic E-state index is 12.8. The Morgan fingerprint density at radius 2 is 1.88 bits per heavy atom. The number of sulfonamides is 1. The van der Waals surface area contributed by atoms with Gasteiger partial charge in [0.1, 0.15) is 0 Å². The van der Waals surface area contributed by atoms with Gasteiger partial charge in [-0.05, 0) is 48.7 Å². The molecule has 0 spiro atoms. The zero-order chi connectivity index (χ0) is 17.7. The van der Waals surface area contributed by atoms with Gasteiger partial charge in [0, 0.05) is 26.0 Å². The van der Waals surface area contributed by atoms with E-state index in [1.807, 2.05) is 12.1 Å². The Hall–Kier alpha value is -2.25. The van der Waals surface area contributed by atoms with Gasteiger partial charge in [0.2, 0.25) is 10.0 Å². The molecule has 1 heterocycles. The summed E-state index contributed by atoms with van der Waals surface area (Å²) in [7, 11) is -0.898. The molecule has 128 valence electrons. The quantitative estimate of drug-likeness (QED) is 0.747. The van der Waals surface area contributed by atoms with Crippen molar-refractivity contribution in [3.05, 3.63) is 59.4 Å².